The average Bonchev–Trinajstić information content (AvgIpc) is 2.49. The van der Waals surface area contributed by atoms with Gasteiger partial charge in [0.05, 0.1) is 6.61 Å². The normalized spacial score (nSPS) is 11.9. The van der Waals surface area contributed by atoms with Gasteiger partial charge in [-0.05, 0) is 39.1 Å². The first kappa shape index (κ1) is 14.4. The molecule has 20 heavy (non-hydrogen) atoms. The predicted molar refractivity (Wildman–Crippen MR) is 81.6 cm³/mol. The van der Waals surface area contributed by atoms with E-state index >= 15 is 0 Å². The summed E-state index contributed by atoms with van der Waals surface area (Å²) in [4.78, 5) is 0. The van der Waals surface area contributed by atoms with Crippen LogP contribution < -0.4 is 14.8 Å². The molecule has 0 saturated heterocycles. The van der Waals surface area contributed by atoms with Gasteiger partial charge in [-0.3, -0.25) is 0 Å². The largest absolute Gasteiger partial charge is 0.490 e. The molecule has 2 rings (SSSR count). The van der Waals surface area contributed by atoms with Crippen LogP contribution >= 0.6 is 0 Å². The second-order valence-corrected chi connectivity index (χ2v) is 4.53. The van der Waals surface area contributed by atoms with Gasteiger partial charge in [-0.2, -0.15) is 0 Å². The van der Waals surface area contributed by atoms with Crippen LogP contribution in [0.15, 0.2) is 48.5 Å². The molecule has 0 aliphatic carbocycles. The molecule has 0 radical (unpaired) electrons. The Bertz CT molecular complexity index is 554. The van der Waals surface area contributed by atoms with Gasteiger partial charge >= 0.3 is 0 Å². The predicted octanol–water partition coefficient (Wildman–Crippen LogP) is 4.16. The Morgan fingerprint density at radius 1 is 0.950 bits per heavy atom. The topological polar surface area (TPSA) is 30.5 Å². The van der Waals surface area contributed by atoms with Crippen molar-refractivity contribution in [3.63, 3.8) is 0 Å². The van der Waals surface area contributed by atoms with E-state index in [0.717, 1.165) is 22.8 Å². The third kappa shape index (κ3) is 3.31. The first-order chi connectivity index (χ1) is 9.76. The van der Waals surface area contributed by atoms with E-state index in [1.165, 1.54) is 0 Å². The molecule has 1 N–H and O–H groups in total. The summed E-state index contributed by atoms with van der Waals surface area (Å²) in [5.74, 6) is 2.36. The van der Waals surface area contributed by atoms with Crippen LogP contribution in [0.3, 0.4) is 0 Å². The van der Waals surface area contributed by atoms with Crippen molar-refractivity contribution in [3.05, 3.63) is 54.1 Å². The maximum atomic E-state index is 6.05. The van der Waals surface area contributed by atoms with Crippen molar-refractivity contribution in [1.29, 1.82) is 0 Å². The summed E-state index contributed by atoms with van der Waals surface area (Å²) in [5.41, 5.74) is 1.13. The second-order valence-electron chi connectivity index (χ2n) is 4.53. The van der Waals surface area contributed by atoms with E-state index in [4.69, 9.17) is 9.47 Å². The lowest BCUT2D eigenvalue weighted by atomic mass is 10.1. The quantitative estimate of drug-likeness (QED) is 0.855. The lowest BCUT2D eigenvalue weighted by Crippen LogP contribution is -2.13. The zero-order valence-corrected chi connectivity index (χ0v) is 12.2. The molecule has 106 valence electrons. The summed E-state index contributed by atoms with van der Waals surface area (Å²) in [6.45, 7) is 4.69. The Kier molecular flexibility index (Phi) is 5.02. The van der Waals surface area contributed by atoms with Crippen LogP contribution in [0.1, 0.15) is 25.5 Å². The van der Waals surface area contributed by atoms with Crippen LogP contribution in [0.2, 0.25) is 0 Å². The minimum Gasteiger partial charge on any atom is -0.490 e. The summed E-state index contributed by atoms with van der Waals surface area (Å²) >= 11 is 0. The van der Waals surface area contributed by atoms with Crippen LogP contribution in [0.5, 0.6) is 17.2 Å². The van der Waals surface area contributed by atoms with Crippen molar-refractivity contribution in [2.45, 2.75) is 19.9 Å². The molecule has 0 saturated carbocycles. The van der Waals surface area contributed by atoms with Crippen molar-refractivity contribution >= 4 is 0 Å². The van der Waals surface area contributed by atoms with Gasteiger partial charge in [0.1, 0.15) is 5.75 Å². The number of nitrogens with one attached hydrogen (secondary N) is 1. The maximum absolute atomic E-state index is 6.05. The number of benzene rings is 2. The van der Waals surface area contributed by atoms with E-state index in [2.05, 4.69) is 18.3 Å². The van der Waals surface area contributed by atoms with Gasteiger partial charge in [-0.1, -0.05) is 30.3 Å². The van der Waals surface area contributed by atoms with Crippen molar-refractivity contribution in [1.82, 2.24) is 5.32 Å². The molecule has 3 nitrogen and oxygen atoms in total. The Morgan fingerprint density at radius 2 is 1.55 bits per heavy atom. The molecule has 0 bridgehead atoms. The van der Waals surface area contributed by atoms with Crippen LogP contribution in [-0.2, 0) is 0 Å². The zero-order valence-electron chi connectivity index (χ0n) is 12.2. The van der Waals surface area contributed by atoms with E-state index in [1.54, 1.807) is 0 Å². The molecule has 0 fully saturated rings. The first-order valence-electron chi connectivity index (χ1n) is 6.92. The fourth-order valence-electron chi connectivity index (χ4n) is 2.01. The lowest BCUT2D eigenvalue weighted by Gasteiger charge is -2.17. The Morgan fingerprint density at radius 3 is 2.20 bits per heavy atom. The minimum absolute atomic E-state index is 0.227. The van der Waals surface area contributed by atoms with E-state index < -0.39 is 0 Å². The molecule has 1 atom stereocenters. The second kappa shape index (κ2) is 6.96. The number of hydrogen-bond acceptors (Lipinski definition) is 3. The highest BCUT2D eigenvalue weighted by atomic mass is 16.5. The van der Waals surface area contributed by atoms with Crippen molar-refractivity contribution < 1.29 is 9.47 Å². The van der Waals surface area contributed by atoms with E-state index in [9.17, 15) is 0 Å². The number of ether oxygens (including phenoxy) is 2. The first-order valence-corrected chi connectivity index (χ1v) is 6.92. The van der Waals surface area contributed by atoms with Gasteiger partial charge in [0.25, 0.3) is 0 Å². The molecule has 2 aromatic rings. The van der Waals surface area contributed by atoms with Gasteiger partial charge in [0.15, 0.2) is 11.5 Å². The van der Waals surface area contributed by atoms with Crippen LogP contribution in [0.25, 0.3) is 0 Å². The molecule has 0 aliphatic heterocycles. The fourth-order valence-corrected chi connectivity index (χ4v) is 2.01. The molecule has 0 spiro atoms. The molecule has 2 aromatic carbocycles. The van der Waals surface area contributed by atoms with Gasteiger partial charge in [-0.25, -0.2) is 0 Å². The molecular formula is C17H21NO2. The molecule has 3 heteroatoms. The maximum Gasteiger partial charge on any atom is 0.169 e. The average molecular weight is 271 g/mol. The third-order valence-corrected chi connectivity index (χ3v) is 3.19. The number of hydrogen-bond donors (Lipinski definition) is 1. The monoisotopic (exact) mass is 271 g/mol. The van der Waals surface area contributed by atoms with Crippen molar-refractivity contribution in [2.75, 3.05) is 13.7 Å². The van der Waals surface area contributed by atoms with E-state index in [0.29, 0.717) is 6.61 Å². The lowest BCUT2D eigenvalue weighted by molar-refractivity contribution is 0.320. The summed E-state index contributed by atoms with van der Waals surface area (Å²) in [7, 11) is 1.94. The zero-order chi connectivity index (χ0) is 14.4. The summed E-state index contributed by atoms with van der Waals surface area (Å²) < 4.78 is 11.6. The molecule has 1 unspecified atom stereocenters. The van der Waals surface area contributed by atoms with Crippen molar-refractivity contribution in [3.8, 4) is 17.2 Å². The minimum atomic E-state index is 0.227. The summed E-state index contributed by atoms with van der Waals surface area (Å²) in [6.07, 6.45) is 0. The fraction of sp³-hybridized carbons (Fsp3) is 0.294. The molecule has 0 amide bonds. The van der Waals surface area contributed by atoms with Crippen LogP contribution in [0, 0.1) is 0 Å². The van der Waals surface area contributed by atoms with Gasteiger partial charge < -0.3 is 14.8 Å². The van der Waals surface area contributed by atoms with Crippen molar-refractivity contribution in [2.24, 2.45) is 0 Å². The molecule has 0 aromatic heterocycles. The summed E-state index contributed by atoms with van der Waals surface area (Å²) in [6, 6.07) is 16.0. The van der Waals surface area contributed by atoms with Crippen LogP contribution in [0.4, 0.5) is 0 Å². The SMILES string of the molecule is CCOc1ccccc1Oc1ccccc1C(C)NC. The standard InChI is InChI=1S/C17H21NO2/c1-4-19-16-11-7-8-12-17(16)20-15-10-6-5-9-14(15)13(2)18-3/h5-13,18H,4H2,1-3H3. The number of para-hydroxylation sites is 3. The van der Waals surface area contributed by atoms with Crippen LogP contribution in [-0.4, -0.2) is 13.7 Å². The van der Waals surface area contributed by atoms with Gasteiger partial charge in [0, 0.05) is 11.6 Å². The Hall–Kier alpha value is -2.00. The highest BCUT2D eigenvalue weighted by Gasteiger charge is 2.12. The van der Waals surface area contributed by atoms with Gasteiger partial charge in [0.2, 0.25) is 0 Å². The van der Waals surface area contributed by atoms with E-state index in [1.807, 2.05) is 56.4 Å². The smallest absolute Gasteiger partial charge is 0.169 e. The highest BCUT2D eigenvalue weighted by molar-refractivity contribution is 5.45. The Balaban J connectivity index is 2.30. The van der Waals surface area contributed by atoms with E-state index in [-0.39, 0.29) is 6.04 Å². The molecular weight excluding hydrogens is 250 g/mol. The van der Waals surface area contributed by atoms with Gasteiger partial charge in [-0.15, -0.1) is 0 Å². The molecule has 0 heterocycles. The Labute approximate surface area is 120 Å². The third-order valence-electron chi connectivity index (χ3n) is 3.19. The molecule has 0 aliphatic rings. The number of rotatable bonds is 6. The summed E-state index contributed by atoms with van der Waals surface area (Å²) in [5, 5.41) is 3.24. The highest BCUT2D eigenvalue weighted by Crippen LogP contribution is 2.34.